The van der Waals surface area contributed by atoms with Crippen molar-refractivity contribution in [2.45, 2.75) is 44.4 Å². The van der Waals surface area contributed by atoms with Crippen LogP contribution in [0.1, 0.15) is 26.2 Å². The van der Waals surface area contributed by atoms with Crippen molar-refractivity contribution >= 4 is 0 Å². The Bertz CT molecular complexity index is 223. The molecule has 6 heteroatoms. The van der Waals surface area contributed by atoms with Gasteiger partial charge in [-0.25, -0.2) is 0 Å². The highest BCUT2D eigenvalue weighted by atomic mass is 19.4. The van der Waals surface area contributed by atoms with Crippen molar-refractivity contribution in [3.63, 3.8) is 0 Å². The quantitative estimate of drug-likeness (QED) is 0.760. The standard InChI is InChI=1S/C11H21F3N2O/c1-9-3-4-10(15)7-16(9)5-2-6-17-8-11(12,13)14/h9-10H,2-8,15H2,1H3. The number of hydrogen-bond donors (Lipinski definition) is 1. The van der Waals surface area contributed by atoms with E-state index in [9.17, 15) is 13.2 Å². The van der Waals surface area contributed by atoms with E-state index in [1.165, 1.54) is 0 Å². The van der Waals surface area contributed by atoms with Crippen molar-refractivity contribution in [3.05, 3.63) is 0 Å². The van der Waals surface area contributed by atoms with Gasteiger partial charge in [0, 0.05) is 31.8 Å². The fourth-order valence-corrected chi connectivity index (χ4v) is 2.08. The van der Waals surface area contributed by atoms with Crippen LogP contribution in [-0.4, -0.2) is 49.5 Å². The third-order valence-electron chi connectivity index (χ3n) is 3.05. The first-order chi connectivity index (χ1) is 7.88. The SMILES string of the molecule is CC1CCC(N)CN1CCCOCC(F)(F)F. The number of piperidine rings is 1. The maximum absolute atomic E-state index is 11.8. The second-order valence-corrected chi connectivity index (χ2v) is 4.70. The Labute approximate surface area is 100 Å². The molecule has 102 valence electrons. The van der Waals surface area contributed by atoms with Gasteiger partial charge in [0.2, 0.25) is 0 Å². The molecule has 0 aromatic carbocycles. The fourth-order valence-electron chi connectivity index (χ4n) is 2.08. The van der Waals surface area contributed by atoms with E-state index in [0.29, 0.717) is 12.5 Å². The van der Waals surface area contributed by atoms with E-state index in [2.05, 4.69) is 16.6 Å². The zero-order chi connectivity index (χ0) is 12.9. The van der Waals surface area contributed by atoms with Gasteiger partial charge in [0.25, 0.3) is 0 Å². The Kier molecular flexibility index (Phi) is 5.69. The van der Waals surface area contributed by atoms with Gasteiger partial charge >= 0.3 is 6.18 Å². The number of hydrogen-bond acceptors (Lipinski definition) is 3. The number of rotatable bonds is 5. The molecule has 2 atom stereocenters. The van der Waals surface area contributed by atoms with E-state index < -0.39 is 12.8 Å². The van der Waals surface area contributed by atoms with Gasteiger partial charge in [0.15, 0.2) is 0 Å². The molecule has 1 saturated heterocycles. The Morgan fingerprint density at radius 3 is 2.71 bits per heavy atom. The van der Waals surface area contributed by atoms with Crippen LogP contribution < -0.4 is 5.73 Å². The minimum absolute atomic E-state index is 0.151. The molecule has 0 saturated carbocycles. The fraction of sp³-hybridized carbons (Fsp3) is 1.00. The van der Waals surface area contributed by atoms with E-state index in [0.717, 1.165) is 25.9 Å². The number of likely N-dealkylation sites (tertiary alicyclic amines) is 1. The molecule has 0 bridgehead atoms. The molecule has 1 aliphatic heterocycles. The number of halogens is 3. The minimum atomic E-state index is -4.22. The summed E-state index contributed by atoms with van der Waals surface area (Å²) >= 11 is 0. The molecule has 1 fully saturated rings. The van der Waals surface area contributed by atoms with E-state index in [1.54, 1.807) is 0 Å². The van der Waals surface area contributed by atoms with Crippen LogP contribution in [0.5, 0.6) is 0 Å². The van der Waals surface area contributed by atoms with Crippen LogP contribution in [0.2, 0.25) is 0 Å². The highest BCUT2D eigenvalue weighted by Crippen LogP contribution is 2.17. The molecular formula is C11H21F3N2O. The first kappa shape index (κ1) is 14.7. The summed E-state index contributed by atoms with van der Waals surface area (Å²) in [5.41, 5.74) is 5.85. The molecule has 1 heterocycles. The summed E-state index contributed by atoms with van der Waals surface area (Å²) in [5.74, 6) is 0. The summed E-state index contributed by atoms with van der Waals surface area (Å²) in [6, 6.07) is 0.666. The lowest BCUT2D eigenvalue weighted by atomic mass is 10.00. The first-order valence-electron chi connectivity index (χ1n) is 6.02. The zero-order valence-electron chi connectivity index (χ0n) is 10.2. The largest absolute Gasteiger partial charge is 0.411 e. The Morgan fingerprint density at radius 2 is 2.06 bits per heavy atom. The topological polar surface area (TPSA) is 38.5 Å². The van der Waals surface area contributed by atoms with Crippen LogP contribution in [0.25, 0.3) is 0 Å². The molecular weight excluding hydrogens is 233 g/mol. The lowest BCUT2D eigenvalue weighted by Crippen LogP contribution is -2.47. The van der Waals surface area contributed by atoms with Crippen molar-refractivity contribution in [1.82, 2.24) is 4.90 Å². The van der Waals surface area contributed by atoms with Gasteiger partial charge in [0.05, 0.1) is 0 Å². The molecule has 17 heavy (non-hydrogen) atoms. The predicted molar refractivity (Wildman–Crippen MR) is 59.7 cm³/mol. The average Bonchev–Trinajstić information content (AvgIpc) is 2.21. The molecule has 0 aromatic heterocycles. The molecule has 2 unspecified atom stereocenters. The smallest absolute Gasteiger partial charge is 0.372 e. The third-order valence-corrected chi connectivity index (χ3v) is 3.05. The molecule has 0 aliphatic carbocycles. The van der Waals surface area contributed by atoms with E-state index in [-0.39, 0.29) is 12.6 Å². The monoisotopic (exact) mass is 254 g/mol. The highest BCUT2D eigenvalue weighted by Gasteiger charge is 2.27. The number of nitrogens with zero attached hydrogens (tertiary/aromatic N) is 1. The molecule has 1 aliphatic rings. The molecule has 0 amide bonds. The van der Waals surface area contributed by atoms with Gasteiger partial charge in [0.1, 0.15) is 6.61 Å². The van der Waals surface area contributed by atoms with E-state index >= 15 is 0 Å². The molecule has 1 rings (SSSR count). The van der Waals surface area contributed by atoms with Crippen LogP contribution >= 0.6 is 0 Å². The van der Waals surface area contributed by atoms with Gasteiger partial charge < -0.3 is 10.5 Å². The number of ether oxygens (including phenoxy) is 1. The summed E-state index contributed by atoms with van der Waals surface area (Å²) in [6.45, 7) is 2.72. The van der Waals surface area contributed by atoms with Crippen LogP contribution in [0.15, 0.2) is 0 Å². The van der Waals surface area contributed by atoms with Gasteiger partial charge in [-0.1, -0.05) is 0 Å². The maximum atomic E-state index is 11.8. The average molecular weight is 254 g/mol. The molecule has 0 radical (unpaired) electrons. The van der Waals surface area contributed by atoms with Crippen molar-refractivity contribution in [2.75, 3.05) is 26.3 Å². The highest BCUT2D eigenvalue weighted by molar-refractivity contribution is 4.80. The van der Waals surface area contributed by atoms with Crippen molar-refractivity contribution in [1.29, 1.82) is 0 Å². The maximum Gasteiger partial charge on any atom is 0.411 e. The predicted octanol–water partition coefficient (Wildman–Crippen LogP) is 1.77. The molecule has 0 aromatic rings. The van der Waals surface area contributed by atoms with Crippen LogP contribution in [0.3, 0.4) is 0 Å². The second-order valence-electron chi connectivity index (χ2n) is 4.70. The summed E-state index contributed by atoms with van der Waals surface area (Å²) in [7, 11) is 0. The summed E-state index contributed by atoms with van der Waals surface area (Å²) < 4.78 is 40.0. The Balaban J connectivity index is 2.09. The lowest BCUT2D eigenvalue weighted by molar-refractivity contribution is -0.174. The van der Waals surface area contributed by atoms with Gasteiger partial charge in [-0.05, 0) is 26.2 Å². The number of nitrogens with two attached hydrogens (primary N) is 1. The van der Waals surface area contributed by atoms with Gasteiger partial charge in [-0.2, -0.15) is 13.2 Å². The van der Waals surface area contributed by atoms with Crippen molar-refractivity contribution in [3.8, 4) is 0 Å². The second kappa shape index (κ2) is 6.56. The van der Waals surface area contributed by atoms with Gasteiger partial charge in [-0.3, -0.25) is 4.90 Å². The minimum Gasteiger partial charge on any atom is -0.372 e. The zero-order valence-corrected chi connectivity index (χ0v) is 10.2. The molecule has 2 N–H and O–H groups in total. The molecule has 3 nitrogen and oxygen atoms in total. The van der Waals surface area contributed by atoms with Crippen molar-refractivity contribution in [2.24, 2.45) is 5.73 Å². The van der Waals surface area contributed by atoms with E-state index in [1.807, 2.05) is 0 Å². The molecule has 0 spiro atoms. The van der Waals surface area contributed by atoms with Crippen LogP contribution in [0, 0.1) is 0 Å². The number of alkyl halides is 3. The van der Waals surface area contributed by atoms with Crippen molar-refractivity contribution < 1.29 is 17.9 Å². The lowest BCUT2D eigenvalue weighted by Gasteiger charge is -2.36. The van der Waals surface area contributed by atoms with Gasteiger partial charge in [-0.15, -0.1) is 0 Å². The summed E-state index contributed by atoms with van der Waals surface area (Å²) in [4.78, 5) is 2.23. The third kappa shape index (κ3) is 6.24. The first-order valence-corrected chi connectivity index (χ1v) is 6.02. The summed E-state index contributed by atoms with van der Waals surface area (Å²) in [6.07, 6.45) is -1.51. The van der Waals surface area contributed by atoms with Crippen LogP contribution in [0.4, 0.5) is 13.2 Å². The summed E-state index contributed by atoms with van der Waals surface area (Å²) in [5, 5.41) is 0. The normalized spacial score (nSPS) is 27.4. The van der Waals surface area contributed by atoms with Crippen LogP contribution in [-0.2, 0) is 4.74 Å². The Hall–Kier alpha value is -0.330. The Morgan fingerprint density at radius 1 is 1.35 bits per heavy atom. The van der Waals surface area contributed by atoms with E-state index in [4.69, 9.17) is 5.73 Å².